The number of hydrogen-bond donors (Lipinski definition) is 4. The van der Waals surface area contributed by atoms with Gasteiger partial charge in [0.1, 0.15) is 5.78 Å². The van der Waals surface area contributed by atoms with E-state index in [2.05, 4.69) is 31.4 Å². The van der Waals surface area contributed by atoms with Crippen LogP contribution >= 0.6 is 0 Å². The van der Waals surface area contributed by atoms with Crippen molar-refractivity contribution in [2.45, 2.75) is 110 Å². The summed E-state index contributed by atoms with van der Waals surface area (Å²) in [5, 5.41) is 6.91. The second-order valence-electron chi connectivity index (χ2n) is 9.75. The normalized spacial score (nSPS) is 13.0. The number of carbonyl (C=O) groups excluding carboxylic acids is 1. The topological polar surface area (TPSA) is 93.2 Å². The minimum absolute atomic E-state index is 0.253. The Bertz CT molecular complexity index is 368. The Kier molecular flexibility index (Phi) is 19.1. The number of unbranched alkanes of at least 4 members (excludes halogenated alkanes) is 7. The lowest BCUT2D eigenvalue weighted by molar-refractivity contribution is -0.120. The quantitative estimate of drug-likeness (QED) is 0.213. The van der Waals surface area contributed by atoms with Crippen LogP contribution in [0.15, 0.2) is 0 Å². The third-order valence-corrected chi connectivity index (χ3v) is 5.42. The lowest BCUT2D eigenvalue weighted by atomic mass is 9.92. The summed E-state index contributed by atoms with van der Waals surface area (Å²) in [6, 6.07) is -0.253. The first-order valence-corrected chi connectivity index (χ1v) is 12.3. The maximum absolute atomic E-state index is 12.1. The van der Waals surface area contributed by atoms with Gasteiger partial charge >= 0.3 is 0 Å². The van der Waals surface area contributed by atoms with E-state index in [1.54, 1.807) is 0 Å². The van der Waals surface area contributed by atoms with Crippen LogP contribution in [0, 0.1) is 5.41 Å². The number of carbonyl (C=O) groups is 1. The summed E-state index contributed by atoms with van der Waals surface area (Å²) in [5.41, 5.74) is 11.9. The van der Waals surface area contributed by atoms with Gasteiger partial charge in [-0.15, -0.1) is 0 Å². The molecule has 0 saturated heterocycles. The molecule has 0 bridgehead atoms. The lowest BCUT2D eigenvalue weighted by Gasteiger charge is -2.18. The lowest BCUT2D eigenvalue weighted by Crippen LogP contribution is -2.30. The highest BCUT2D eigenvalue weighted by Crippen LogP contribution is 2.17. The highest BCUT2D eigenvalue weighted by molar-refractivity contribution is 5.83. The largest absolute Gasteiger partial charge is 0.330 e. The van der Waals surface area contributed by atoms with Crippen molar-refractivity contribution in [1.82, 2.24) is 10.6 Å². The number of nitrogens with two attached hydrogens (primary N) is 2. The average molecular weight is 413 g/mol. The standard InChI is InChI=1S/C24H52N4O/c1-24(2,3)16-21-28-19-12-10-14-22(26)23(29)15-9-7-5-4-6-8-11-18-27-20-13-17-25/h22,27-28H,4-21,25-26H2,1-3H3/t22-/m0/s1. The van der Waals surface area contributed by atoms with Gasteiger partial charge in [0.05, 0.1) is 6.04 Å². The Morgan fingerprint density at radius 1 is 0.759 bits per heavy atom. The van der Waals surface area contributed by atoms with Crippen LogP contribution in [0.3, 0.4) is 0 Å². The minimum atomic E-state index is -0.253. The van der Waals surface area contributed by atoms with Gasteiger partial charge in [0.15, 0.2) is 0 Å². The third-order valence-electron chi connectivity index (χ3n) is 5.42. The van der Waals surface area contributed by atoms with Crippen molar-refractivity contribution >= 4 is 5.78 Å². The van der Waals surface area contributed by atoms with E-state index in [1.165, 1.54) is 38.5 Å². The first kappa shape index (κ1) is 28.5. The van der Waals surface area contributed by atoms with E-state index in [-0.39, 0.29) is 11.8 Å². The maximum atomic E-state index is 12.1. The van der Waals surface area contributed by atoms with Crippen molar-refractivity contribution in [2.75, 3.05) is 32.7 Å². The van der Waals surface area contributed by atoms with Gasteiger partial charge in [-0.1, -0.05) is 59.3 Å². The molecule has 0 aromatic carbocycles. The first-order valence-electron chi connectivity index (χ1n) is 12.3. The van der Waals surface area contributed by atoms with Gasteiger partial charge in [0.2, 0.25) is 0 Å². The fourth-order valence-corrected chi connectivity index (χ4v) is 3.33. The van der Waals surface area contributed by atoms with Gasteiger partial charge in [-0.25, -0.2) is 0 Å². The monoisotopic (exact) mass is 412 g/mol. The SMILES string of the molecule is CC(C)(C)CCNCCCC[C@H](N)C(=O)CCCCCCCCCNCCCN. The molecule has 0 aromatic rings. The molecular weight excluding hydrogens is 360 g/mol. The summed E-state index contributed by atoms with van der Waals surface area (Å²) in [4.78, 5) is 12.1. The molecule has 0 aromatic heterocycles. The smallest absolute Gasteiger partial charge is 0.149 e. The first-order chi connectivity index (χ1) is 13.9. The average Bonchev–Trinajstić information content (AvgIpc) is 2.66. The Hall–Kier alpha value is -0.490. The van der Waals surface area contributed by atoms with E-state index in [9.17, 15) is 4.79 Å². The van der Waals surface area contributed by atoms with E-state index in [1.807, 2.05) is 0 Å². The summed E-state index contributed by atoms with van der Waals surface area (Å²) in [5.74, 6) is 0.259. The molecule has 5 heteroatoms. The van der Waals surface area contributed by atoms with Gasteiger partial charge in [-0.3, -0.25) is 4.79 Å². The van der Waals surface area contributed by atoms with Crippen molar-refractivity contribution in [3.05, 3.63) is 0 Å². The molecule has 29 heavy (non-hydrogen) atoms. The zero-order valence-electron chi connectivity index (χ0n) is 19.9. The Labute approximate surface area is 181 Å². The van der Waals surface area contributed by atoms with Crippen LogP contribution in [0.1, 0.15) is 104 Å². The second kappa shape index (κ2) is 19.5. The molecule has 5 nitrogen and oxygen atoms in total. The number of nitrogens with one attached hydrogen (secondary N) is 2. The number of hydrogen-bond acceptors (Lipinski definition) is 5. The van der Waals surface area contributed by atoms with Crippen LogP contribution in [-0.2, 0) is 4.79 Å². The van der Waals surface area contributed by atoms with E-state index < -0.39 is 0 Å². The zero-order valence-corrected chi connectivity index (χ0v) is 19.9. The summed E-state index contributed by atoms with van der Waals surface area (Å²) in [7, 11) is 0. The molecule has 0 aliphatic rings. The molecule has 0 amide bonds. The summed E-state index contributed by atoms with van der Waals surface area (Å²) >= 11 is 0. The highest BCUT2D eigenvalue weighted by atomic mass is 16.1. The fourth-order valence-electron chi connectivity index (χ4n) is 3.33. The van der Waals surface area contributed by atoms with Crippen molar-refractivity contribution in [3.63, 3.8) is 0 Å². The molecule has 1 atom stereocenters. The predicted octanol–water partition coefficient (Wildman–Crippen LogP) is 4.14. The van der Waals surface area contributed by atoms with Gasteiger partial charge in [0, 0.05) is 6.42 Å². The Morgan fingerprint density at radius 2 is 1.28 bits per heavy atom. The van der Waals surface area contributed by atoms with E-state index >= 15 is 0 Å². The number of rotatable bonds is 21. The Morgan fingerprint density at radius 3 is 1.90 bits per heavy atom. The van der Waals surface area contributed by atoms with E-state index in [0.29, 0.717) is 11.8 Å². The molecule has 0 spiro atoms. The van der Waals surface area contributed by atoms with Crippen LogP contribution < -0.4 is 22.1 Å². The van der Waals surface area contributed by atoms with Crippen molar-refractivity contribution < 1.29 is 4.79 Å². The second-order valence-corrected chi connectivity index (χ2v) is 9.75. The van der Waals surface area contributed by atoms with E-state index in [0.717, 1.165) is 71.2 Å². The van der Waals surface area contributed by atoms with Crippen LogP contribution in [0.4, 0.5) is 0 Å². The highest BCUT2D eigenvalue weighted by Gasteiger charge is 2.12. The molecule has 0 fully saturated rings. The molecule has 0 heterocycles. The summed E-state index contributed by atoms with van der Waals surface area (Å²) in [6.07, 6.45) is 14.4. The van der Waals surface area contributed by atoms with Gasteiger partial charge in [-0.05, 0) is 76.7 Å². The van der Waals surface area contributed by atoms with Crippen LogP contribution in [0.2, 0.25) is 0 Å². The zero-order chi connectivity index (χ0) is 21.8. The molecular formula is C24H52N4O. The Balaban J connectivity index is 3.36. The molecule has 0 rings (SSSR count). The van der Waals surface area contributed by atoms with Crippen LogP contribution in [-0.4, -0.2) is 44.5 Å². The summed E-state index contributed by atoms with van der Waals surface area (Å²) < 4.78 is 0. The van der Waals surface area contributed by atoms with Crippen molar-refractivity contribution in [2.24, 2.45) is 16.9 Å². The predicted molar refractivity (Wildman–Crippen MR) is 127 cm³/mol. The van der Waals surface area contributed by atoms with Crippen molar-refractivity contribution in [1.29, 1.82) is 0 Å². The molecule has 0 aliphatic carbocycles. The molecule has 174 valence electrons. The van der Waals surface area contributed by atoms with Gasteiger partial charge in [0.25, 0.3) is 0 Å². The van der Waals surface area contributed by atoms with E-state index in [4.69, 9.17) is 11.5 Å². The molecule has 0 aliphatic heterocycles. The molecule has 0 unspecified atom stereocenters. The van der Waals surface area contributed by atoms with Gasteiger partial charge in [-0.2, -0.15) is 0 Å². The van der Waals surface area contributed by atoms with Gasteiger partial charge < -0.3 is 22.1 Å². The molecule has 0 radical (unpaired) electrons. The third kappa shape index (κ3) is 22.0. The fraction of sp³-hybridized carbons (Fsp3) is 0.958. The number of ketones is 1. The van der Waals surface area contributed by atoms with Crippen molar-refractivity contribution in [3.8, 4) is 0 Å². The summed E-state index contributed by atoms with van der Waals surface area (Å²) in [6.45, 7) is 11.8. The maximum Gasteiger partial charge on any atom is 0.149 e. The number of Topliss-reactive ketones (excluding diaryl/α,β-unsaturated/α-hetero) is 1. The minimum Gasteiger partial charge on any atom is -0.330 e. The molecule has 0 saturated carbocycles. The van der Waals surface area contributed by atoms with Crippen LogP contribution in [0.5, 0.6) is 0 Å². The van der Waals surface area contributed by atoms with Crippen LogP contribution in [0.25, 0.3) is 0 Å². The molecule has 6 N–H and O–H groups in total.